The molecule has 116 valence electrons. The number of benzene rings is 1. The Kier molecular flexibility index (Phi) is 4.06. The van der Waals surface area contributed by atoms with Gasteiger partial charge >= 0.3 is 5.00 Å². The van der Waals surface area contributed by atoms with Crippen LogP contribution in [-0.2, 0) is 11.3 Å². The molecule has 0 aliphatic carbocycles. The van der Waals surface area contributed by atoms with Crippen LogP contribution in [0.1, 0.15) is 4.88 Å². The maximum absolute atomic E-state index is 11.8. The third-order valence-electron chi connectivity index (χ3n) is 2.89. The van der Waals surface area contributed by atoms with Gasteiger partial charge in [-0.1, -0.05) is 28.7 Å². The normalized spacial score (nSPS) is 11.1. The average Bonchev–Trinajstić information content (AvgIpc) is 3.15. The van der Waals surface area contributed by atoms with Gasteiger partial charge in [0, 0.05) is 6.07 Å². The number of nitrogens with zero attached hydrogens (tertiary/aromatic N) is 5. The Bertz CT molecular complexity index is 900. The topological polar surface area (TPSA) is 115 Å². The van der Waals surface area contributed by atoms with Crippen molar-refractivity contribution in [3.05, 3.63) is 51.4 Å². The van der Waals surface area contributed by atoms with Gasteiger partial charge in [-0.05, 0) is 18.2 Å². The summed E-state index contributed by atoms with van der Waals surface area (Å²) in [6.45, 7) is -0.0254. The van der Waals surface area contributed by atoms with Gasteiger partial charge in [0.05, 0.1) is 21.5 Å². The Morgan fingerprint density at radius 3 is 3.00 bits per heavy atom. The highest BCUT2D eigenvalue weighted by Gasteiger charge is 2.09. The summed E-state index contributed by atoms with van der Waals surface area (Å²) in [6, 6.07) is 10.2. The van der Waals surface area contributed by atoms with Crippen molar-refractivity contribution in [2.45, 2.75) is 6.54 Å². The van der Waals surface area contributed by atoms with Crippen LogP contribution in [-0.4, -0.2) is 32.0 Å². The van der Waals surface area contributed by atoms with Crippen molar-refractivity contribution in [2.24, 2.45) is 5.10 Å². The van der Waals surface area contributed by atoms with E-state index in [4.69, 9.17) is 0 Å². The number of carbonyl (C=O) groups is 1. The van der Waals surface area contributed by atoms with E-state index in [1.807, 2.05) is 18.2 Å². The van der Waals surface area contributed by atoms with E-state index in [0.29, 0.717) is 10.4 Å². The number of nitrogens with one attached hydrogen (secondary N) is 1. The number of rotatable bonds is 5. The Hall–Kier alpha value is -3.14. The molecule has 10 heteroatoms. The van der Waals surface area contributed by atoms with Gasteiger partial charge in [-0.2, -0.15) is 5.10 Å². The van der Waals surface area contributed by atoms with Gasteiger partial charge < -0.3 is 0 Å². The molecule has 0 atom stereocenters. The number of fused-ring (bicyclic) bond motifs is 1. The molecule has 0 radical (unpaired) electrons. The molecule has 9 nitrogen and oxygen atoms in total. The highest BCUT2D eigenvalue weighted by atomic mass is 32.1. The van der Waals surface area contributed by atoms with E-state index in [1.165, 1.54) is 17.0 Å². The summed E-state index contributed by atoms with van der Waals surface area (Å²) in [4.78, 5) is 22.5. The second-order valence-corrected chi connectivity index (χ2v) is 5.56. The molecule has 1 amide bonds. The lowest BCUT2D eigenvalue weighted by atomic mass is 10.3. The number of nitro groups is 1. The summed E-state index contributed by atoms with van der Waals surface area (Å²) in [5, 5.41) is 22.2. The molecule has 1 aromatic carbocycles. The van der Waals surface area contributed by atoms with E-state index in [0.717, 1.165) is 16.9 Å². The molecule has 0 aliphatic rings. The summed E-state index contributed by atoms with van der Waals surface area (Å²) in [5.41, 5.74) is 3.81. The fourth-order valence-electron chi connectivity index (χ4n) is 1.88. The summed E-state index contributed by atoms with van der Waals surface area (Å²) < 4.78 is 1.47. The number of para-hydroxylation sites is 1. The van der Waals surface area contributed by atoms with Crippen LogP contribution < -0.4 is 5.43 Å². The third-order valence-corrected chi connectivity index (χ3v) is 3.86. The van der Waals surface area contributed by atoms with E-state index in [1.54, 1.807) is 12.1 Å². The number of hydrogen-bond acceptors (Lipinski definition) is 7. The van der Waals surface area contributed by atoms with E-state index >= 15 is 0 Å². The highest BCUT2D eigenvalue weighted by molar-refractivity contribution is 7.16. The third kappa shape index (κ3) is 3.37. The van der Waals surface area contributed by atoms with Gasteiger partial charge in [0.15, 0.2) is 0 Å². The molecule has 0 aliphatic heterocycles. The maximum atomic E-state index is 11.8. The molecule has 0 unspecified atom stereocenters. The quantitative estimate of drug-likeness (QED) is 0.433. The Balaban J connectivity index is 1.61. The van der Waals surface area contributed by atoms with Crippen molar-refractivity contribution in [2.75, 3.05) is 0 Å². The first-order valence-corrected chi connectivity index (χ1v) is 7.29. The zero-order chi connectivity index (χ0) is 16.2. The Morgan fingerprint density at radius 2 is 2.22 bits per heavy atom. The standard InChI is InChI=1S/C13H10N6O3S/c20-12(8-18-11-4-2-1-3-10(11)15-17-18)16-14-7-9-5-6-13(23-9)19(21)22/h1-7H,8H2,(H,16,20)/b14-7+. The van der Waals surface area contributed by atoms with Crippen LogP contribution >= 0.6 is 11.3 Å². The summed E-state index contributed by atoms with van der Waals surface area (Å²) >= 11 is 0.973. The maximum Gasteiger partial charge on any atom is 0.324 e. The molecule has 23 heavy (non-hydrogen) atoms. The summed E-state index contributed by atoms with van der Waals surface area (Å²) in [6.07, 6.45) is 1.36. The van der Waals surface area contributed by atoms with Crippen molar-refractivity contribution >= 4 is 39.5 Å². The number of thiophene rings is 1. The summed E-state index contributed by atoms with van der Waals surface area (Å²) in [5.74, 6) is -0.372. The first-order chi connectivity index (χ1) is 11.1. The van der Waals surface area contributed by atoms with Crippen LogP contribution in [0.4, 0.5) is 5.00 Å². The van der Waals surface area contributed by atoms with Crippen LogP contribution in [0.15, 0.2) is 41.5 Å². The molecule has 0 saturated carbocycles. The van der Waals surface area contributed by atoms with Gasteiger partial charge in [0.25, 0.3) is 5.91 Å². The SMILES string of the molecule is O=C(Cn1nnc2ccccc21)N/N=C/c1ccc([N+](=O)[O-])s1. The predicted octanol–water partition coefficient (Wildman–Crippen LogP) is 1.55. The van der Waals surface area contributed by atoms with E-state index in [2.05, 4.69) is 20.8 Å². The number of amides is 1. The Labute approximate surface area is 133 Å². The molecular weight excluding hydrogens is 320 g/mol. The van der Waals surface area contributed by atoms with Gasteiger partial charge in [-0.15, -0.1) is 5.10 Å². The number of aromatic nitrogens is 3. The molecule has 2 aromatic heterocycles. The van der Waals surface area contributed by atoms with Crippen LogP contribution in [0.3, 0.4) is 0 Å². The fraction of sp³-hybridized carbons (Fsp3) is 0.0769. The van der Waals surface area contributed by atoms with Crippen molar-refractivity contribution in [3.8, 4) is 0 Å². The van der Waals surface area contributed by atoms with Crippen molar-refractivity contribution in [1.29, 1.82) is 0 Å². The van der Waals surface area contributed by atoms with Crippen LogP contribution in [0.2, 0.25) is 0 Å². The van der Waals surface area contributed by atoms with E-state index in [9.17, 15) is 14.9 Å². The lowest BCUT2D eigenvalue weighted by Gasteiger charge is -2.00. The number of hydrogen-bond donors (Lipinski definition) is 1. The van der Waals surface area contributed by atoms with Crippen molar-refractivity contribution in [1.82, 2.24) is 20.4 Å². The van der Waals surface area contributed by atoms with Crippen LogP contribution in [0.25, 0.3) is 11.0 Å². The smallest absolute Gasteiger partial charge is 0.271 e. The van der Waals surface area contributed by atoms with Crippen LogP contribution in [0, 0.1) is 10.1 Å². The van der Waals surface area contributed by atoms with Gasteiger partial charge in [0.1, 0.15) is 12.1 Å². The molecule has 1 N–H and O–H groups in total. The second kappa shape index (κ2) is 6.32. The van der Waals surface area contributed by atoms with E-state index < -0.39 is 4.92 Å². The monoisotopic (exact) mass is 330 g/mol. The molecule has 2 heterocycles. The largest absolute Gasteiger partial charge is 0.324 e. The van der Waals surface area contributed by atoms with Gasteiger partial charge in [-0.3, -0.25) is 14.9 Å². The fourth-order valence-corrected chi connectivity index (χ4v) is 2.58. The average molecular weight is 330 g/mol. The number of hydrazone groups is 1. The Morgan fingerprint density at radius 1 is 1.39 bits per heavy atom. The zero-order valence-corrected chi connectivity index (χ0v) is 12.4. The first kappa shape index (κ1) is 14.8. The molecule has 3 rings (SSSR count). The predicted molar refractivity (Wildman–Crippen MR) is 84.2 cm³/mol. The van der Waals surface area contributed by atoms with E-state index in [-0.39, 0.29) is 17.5 Å². The summed E-state index contributed by atoms with van der Waals surface area (Å²) in [7, 11) is 0. The zero-order valence-electron chi connectivity index (χ0n) is 11.6. The van der Waals surface area contributed by atoms with Crippen molar-refractivity contribution in [3.63, 3.8) is 0 Å². The number of carbonyl (C=O) groups excluding carboxylic acids is 1. The molecule has 0 fully saturated rings. The lowest BCUT2D eigenvalue weighted by molar-refractivity contribution is -0.380. The second-order valence-electron chi connectivity index (χ2n) is 4.46. The molecule has 0 bridgehead atoms. The minimum Gasteiger partial charge on any atom is -0.271 e. The molecule has 3 aromatic rings. The molecule has 0 saturated heterocycles. The minimum atomic E-state index is -0.476. The molecular formula is C13H10N6O3S. The van der Waals surface area contributed by atoms with Crippen LogP contribution in [0.5, 0.6) is 0 Å². The van der Waals surface area contributed by atoms with Crippen molar-refractivity contribution < 1.29 is 9.72 Å². The highest BCUT2D eigenvalue weighted by Crippen LogP contribution is 2.22. The lowest BCUT2D eigenvalue weighted by Crippen LogP contribution is -2.23. The first-order valence-electron chi connectivity index (χ1n) is 6.48. The minimum absolute atomic E-state index is 0.0202. The van der Waals surface area contributed by atoms with Gasteiger partial charge in [0.2, 0.25) is 0 Å². The molecule has 0 spiro atoms. The van der Waals surface area contributed by atoms with Gasteiger partial charge in [-0.25, -0.2) is 10.1 Å².